The van der Waals surface area contributed by atoms with E-state index < -0.39 is 0 Å². The molecule has 2 atom stereocenters. The van der Waals surface area contributed by atoms with Crippen LogP contribution in [0, 0.1) is 11.7 Å². The third kappa shape index (κ3) is 3.48. The van der Waals surface area contributed by atoms with Crippen molar-refractivity contribution in [3.8, 4) is 22.4 Å². The van der Waals surface area contributed by atoms with Crippen molar-refractivity contribution in [2.24, 2.45) is 5.92 Å². The third-order valence-electron chi connectivity index (χ3n) is 8.02. The van der Waals surface area contributed by atoms with Gasteiger partial charge in [0.2, 0.25) is 0 Å². The van der Waals surface area contributed by atoms with Gasteiger partial charge in [0.25, 0.3) is 0 Å². The largest absolute Gasteiger partial charge is 0.379 e. The highest BCUT2D eigenvalue weighted by Crippen LogP contribution is 2.47. The first kappa shape index (κ1) is 20.9. The van der Waals surface area contributed by atoms with Gasteiger partial charge < -0.3 is 14.2 Å². The van der Waals surface area contributed by atoms with Crippen molar-refractivity contribution in [2.45, 2.75) is 31.3 Å². The van der Waals surface area contributed by atoms with Crippen molar-refractivity contribution in [1.29, 1.82) is 0 Å². The Morgan fingerprint density at radius 3 is 2.60 bits per heavy atom. The molecule has 2 unspecified atom stereocenters. The number of imidazole rings is 1. The highest BCUT2D eigenvalue weighted by Gasteiger charge is 2.38. The molecule has 178 valence electrons. The van der Waals surface area contributed by atoms with E-state index in [0.717, 1.165) is 68.0 Å². The first-order valence-electron chi connectivity index (χ1n) is 12.5. The average Bonchev–Trinajstić information content (AvgIpc) is 3.69. The SMILES string of the molecule is Fc1cccc2c1C(C1CCN(c3ccc(-c4cnn(C5CCOC5)c4)cc3)CC1)n1cncc1-2. The molecule has 0 radical (unpaired) electrons. The molecule has 3 aliphatic heterocycles. The Balaban J connectivity index is 1.05. The third-order valence-corrected chi connectivity index (χ3v) is 8.02. The summed E-state index contributed by atoms with van der Waals surface area (Å²) < 4.78 is 24.6. The fourth-order valence-corrected chi connectivity index (χ4v) is 6.15. The standard InChI is InChI=1S/C28H28FN5O/c29-25-3-1-2-24-26-15-30-18-33(26)28(27(24)25)20-8-11-32(12-9-20)22-6-4-19(5-7-22)21-14-31-34(16-21)23-10-13-35-17-23/h1-7,14-16,18,20,23,28H,8-13,17H2. The Morgan fingerprint density at radius 2 is 1.80 bits per heavy atom. The fraction of sp³-hybridized carbons (Fsp3) is 0.357. The molecule has 2 saturated heterocycles. The molecule has 2 fully saturated rings. The molecule has 6 nitrogen and oxygen atoms in total. The quantitative estimate of drug-likeness (QED) is 0.405. The molecule has 35 heavy (non-hydrogen) atoms. The molecule has 0 bridgehead atoms. The summed E-state index contributed by atoms with van der Waals surface area (Å²) in [6.45, 7) is 3.50. The van der Waals surface area contributed by atoms with Crippen LogP contribution >= 0.6 is 0 Å². The first-order chi connectivity index (χ1) is 17.3. The van der Waals surface area contributed by atoms with Gasteiger partial charge in [-0.25, -0.2) is 9.37 Å². The van der Waals surface area contributed by atoms with Crippen LogP contribution in [-0.4, -0.2) is 45.6 Å². The van der Waals surface area contributed by atoms with Gasteiger partial charge in [-0.05, 0) is 48.9 Å². The number of ether oxygens (including phenoxy) is 1. The summed E-state index contributed by atoms with van der Waals surface area (Å²) in [5.74, 6) is 0.292. The molecule has 2 aromatic carbocycles. The van der Waals surface area contributed by atoms with Crippen molar-refractivity contribution in [3.63, 3.8) is 0 Å². The lowest BCUT2D eigenvalue weighted by Gasteiger charge is -2.37. The number of nitrogens with zero attached hydrogens (tertiary/aromatic N) is 5. The topological polar surface area (TPSA) is 48.1 Å². The lowest BCUT2D eigenvalue weighted by molar-refractivity contribution is 0.184. The second-order valence-corrected chi connectivity index (χ2v) is 9.93. The lowest BCUT2D eigenvalue weighted by atomic mass is 9.85. The number of rotatable bonds is 4. The molecule has 3 aliphatic rings. The first-order valence-corrected chi connectivity index (χ1v) is 12.5. The highest BCUT2D eigenvalue weighted by atomic mass is 19.1. The van der Waals surface area contributed by atoms with Gasteiger partial charge in [-0.2, -0.15) is 5.10 Å². The number of piperidine rings is 1. The fourth-order valence-electron chi connectivity index (χ4n) is 6.15. The second kappa shape index (κ2) is 8.34. The van der Waals surface area contributed by atoms with Crippen molar-refractivity contribution >= 4 is 5.69 Å². The molecule has 0 amide bonds. The lowest BCUT2D eigenvalue weighted by Crippen LogP contribution is -2.36. The normalized spacial score (nSPS) is 21.9. The summed E-state index contributed by atoms with van der Waals surface area (Å²) in [5, 5.41) is 4.56. The zero-order valence-electron chi connectivity index (χ0n) is 19.6. The Bertz CT molecular complexity index is 1350. The van der Waals surface area contributed by atoms with Gasteiger partial charge in [-0.15, -0.1) is 0 Å². The molecule has 2 aromatic heterocycles. The van der Waals surface area contributed by atoms with Gasteiger partial charge in [-0.1, -0.05) is 24.3 Å². The van der Waals surface area contributed by atoms with Crippen LogP contribution in [0.4, 0.5) is 10.1 Å². The maximum absolute atomic E-state index is 14.9. The molecule has 0 N–H and O–H groups in total. The minimum absolute atomic E-state index is 0.0371. The summed E-state index contributed by atoms with van der Waals surface area (Å²) in [7, 11) is 0. The smallest absolute Gasteiger partial charge is 0.129 e. The minimum Gasteiger partial charge on any atom is -0.379 e. The zero-order chi connectivity index (χ0) is 23.4. The van der Waals surface area contributed by atoms with Crippen LogP contribution in [0.2, 0.25) is 0 Å². The predicted octanol–water partition coefficient (Wildman–Crippen LogP) is 5.33. The van der Waals surface area contributed by atoms with Crippen LogP contribution < -0.4 is 4.90 Å². The molecule has 5 heterocycles. The molecule has 0 saturated carbocycles. The van der Waals surface area contributed by atoms with Gasteiger partial charge >= 0.3 is 0 Å². The Hall–Kier alpha value is -3.45. The van der Waals surface area contributed by atoms with E-state index in [1.165, 1.54) is 11.3 Å². The molecule has 7 rings (SSSR count). The molecular formula is C28H28FN5O. The van der Waals surface area contributed by atoms with E-state index in [9.17, 15) is 4.39 Å². The summed E-state index contributed by atoms with van der Waals surface area (Å²) >= 11 is 0. The van der Waals surface area contributed by atoms with Gasteiger partial charge in [0.15, 0.2) is 0 Å². The summed E-state index contributed by atoms with van der Waals surface area (Å²) in [4.78, 5) is 6.80. The van der Waals surface area contributed by atoms with E-state index in [0.29, 0.717) is 12.0 Å². The molecule has 0 spiro atoms. The number of aromatic nitrogens is 4. The van der Waals surface area contributed by atoms with E-state index >= 15 is 0 Å². The van der Waals surface area contributed by atoms with Crippen LogP contribution in [0.3, 0.4) is 0 Å². The summed E-state index contributed by atoms with van der Waals surface area (Å²) in [6.07, 6.45) is 10.9. The van der Waals surface area contributed by atoms with Gasteiger partial charge in [0.05, 0.1) is 43.1 Å². The maximum Gasteiger partial charge on any atom is 0.129 e. The molecule has 0 aliphatic carbocycles. The van der Waals surface area contributed by atoms with Crippen molar-refractivity contribution in [3.05, 3.63) is 78.8 Å². The minimum atomic E-state index is -0.0991. The van der Waals surface area contributed by atoms with E-state index in [4.69, 9.17) is 4.74 Å². The van der Waals surface area contributed by atoms with Gasteiger partial charge in [0.1, 0.15) is 5.82 Å². The van der Waals surface area contributed by atoms with Crippen LogP contribution in [0.15, 0.2) is 67.4 Å². The van der Waals surface area contributed by atoms with E-state index in [1.54, 1.807) is 12.1 Å². The Kier molecular flexibility index (Phi) is 4.98. The number of halogens is 1. The van der Waals surface area contributed by atoms with Crippen molar-refractivity contribution in [2.75, 3.05) is 31.2 Å². The number of anilines is 1. The maximum atomic E-state index is 14.9. The second-order valence-electron chi connectivity index (χ2n) is 9.93. The number of fused-ring (bicyclic) bond motifs is 3. The number of benzene rings is 2. The van der Waals surface area contributed by atoms with Gasteiger partial charge in [-0.3, -0.25) is 4.68 Å². The van der Waals surface area contributed by atoms with Gasteiger partial charge in [0, 0.05) is 48.3 Å². The highest BCUT2D eigenvalue weighted by molar-refractivity contribution is 5.69. The Labute approximate surface area is 204 Å². The predicted molar refractivity (Wildman–Crippen MR) is 133 cm³/mol. The molecular weight excluding hydrogens is 441 g/mol. The van der Waals surface area contributed by atoms with E-state index in [-0.39, 0.29) is 11.9 Å². The van der Waals surface area contributed by atoms with Crippen molar-refractivity contribution < 1.29 is 9.13 Å². The molecule has 4 aromatic rings. The van der Waals surface area contributed by atoms with Crippen molar-refractivity contribution in [1.82, 2.24) is 19.3 Å². The van der Waals surface area contributed by atoms with Crippen LogP contribution in [0.1, 0.15) is 36.9 Å². The Morgan fingerprint density at radius 1 is 0.943 bits per heavy atom. The zero-order valence-corrected chi connectivity index (χ0v) is 19.6. The van der Waals surface area contributed by atoms with Crippen LogP contribution in [-0.2, 0) is 4.74 Å². The molecule has 7 heteroatoms. The average molecular weight is 470 g/mol. The van der Waals surface area contributed by atoms with E-state index in [2.05, 4.69) is 50.0 Å². The summed E-state index contributed by atoms with van der Waals surface area (Å²) in [5.41, 5.74) is 6.43. The van der Waals surface area contributed by atoms with Crippen LogP contribution in [0.5, 0.6) is 0 Å². The summed E-state index contributed by atoms with van der Waals surface area (Å²) in [6, 6.07) is 14.6. The number of hydrogen-bond donors (Lipinski definition) is 0. The number of hydrogen-bond acceptors (Lipinski definition) is 4. The monoisotopic (exact) mass is 469 g/mol. The van der Waals surface area contributed by atoms with E-state index in [1.807, 2.05) is 29.5 Å². The van der Waals surface area contributed by atoms with Crippen LogP contribution in [0.25, 0.3) is 22.4 Å².